The van der Waals surface area contributed by atoms with Gasteiger partial charge in [-0.1, -0.05) is 25.5 Å². The second kappa shape index (κ2) is 10.7. The fourth-order valence-corrected chi connectivity index (χ4v) is 1.02. The Morgan fingerprint density at radius 3 is 2.36 bits per heavy atom. The van der Waals surface area contributed by atoms with Crippen molar-refractivity contribution in [1.29, 1.82) is 0 Å². The first kappa shape index (κ1) is 13.6. The van der Waals surface area contributed by atoms with Gasteiger partial charge in [0.1, 0.15) is 6.10 Å². The highest BCUT2D eigenvalue weighted by atomic mass is 16.5. The predicted molar refractivity (Wildman–Crippen MR) is 57.2 cm³/mol. The minimum absolute atomic E-state index is 0.109. The van der Waals surface area contributed by atoms with Crippen LogP contribution in [0.2, 0.25) is 0 Å². The second-order valence-corrected chi connectivity index (χ2v) is 3.26. The zero-order valence-electron chi connectivity index (χ0n) is 8.98. The Morgan fingerprint density at radius 2 is 1.79 bits per heavy atom. The van der Waals surface area contributed by atoms with E-state index in [0.29, 0.717) is 6.61 Å². The van der Waals surface area contributed by atoms with Gasteiger partial charge >= 0.3 is 0 Å². The van der Waals surface area contributed by atoms with Crippen LogP contribution in [0.25, 0.3) is 0 Å². The number of unbranched alkanes of at least 4 members (excludes halogenated alkanes) is 2. The van der Waals surface area contributed by atoms with E-state index in [9.17, 15) is 0 Å². The Bertz CT molecular complexity index is 130. The van der Waals surface area contributed by atoms with Crippen LogP contribution in [0, 0.1) is 0 Å². The molecular formula is C11H22O3. The largest absolute Gasteiger partial charge is 0.394 e. The molecule has 0 saturated heterocycles. The molecule has 0 aliphatic heterocycles. The molecule has 84 valence electrons. The van der Waals surface area contributed by atoms with Crippen LogP contribution >= 0.6 is 0 Å². The molecule has 0 atom stereocenters. The summed E-state index contributed by atoms with van der Waals surface area (Å²) >= 11 is 0. The highest BCUT2D eigenvalue weighted by molar-refractivity contribution is 4.80. The number of rotatable bonds is 9. The molecule has 0 aliphatic rings. The van der Waals surface area contributed by atoms with Crippen molar-refractivity contribution in [3.8, 4) is 0 Å². The number of allylic oxidation sites excluding steroid dienone is 2. The Labute approximate surface area is 86.4 Å². The minimum atomic E-state index is -0.408. The lowest BCUT2D eigenvalue weighted by Crippen LogP contribution is -2.22. The van der Waals surface area contributed by atoms with Crippen molar-refractivity contribution in [2.45, 2.75) is 38.7 Å². The van der Waals surface area contributed by atoms with E-state index in [1.54, 1.807) is 0 Å². The van der Waals surface area contributed by atoms with Gasteiger partial charge in [0, 0.05) is 6.61 Å². The highest BCUT2D eigenvalue weighted by Gasteiger charge is 2.03. The quantitative estimate of drug-likeness (QED) is 0.440. The summed E-state index contributed by atoms with van der Waals surface area (Å²) in [6.07, 6.45) is 8.19. The van der Waals surface area contributed by atoms with Crippen molar-refractivity contribution in [2.75, 3.05) is 19.8 Å². The van der Waals surface area contributed by atoms with E-state index in [0.717, 1.165) is 19.3 Å². The minimum Gasteiger partial charge on any atom is -0.394 e. The van der Waals surface area contributed by atoms with Crippen molar-refractivity contribution in [2.24, 2.45) is 0 Å². The number of aliphatic hydroxyl groups is 2. The highest BCUT2D eigenvalue weighted by Crippen LogP contribution is 1.97. The first-order chi connectivity index (χ1) is 6.85. The van der Waals surface area contributed by atoms with Crippen LogP contribution in [-0.4, -0.2) is 36.1 Å². The molecule has 0 saturated carbocycles. The molecule has 2 N–H and O–H groups in total. The molecule has 0 aromatic rings. The average Bonchev–Trinajstić information content (AvgIpc) is 2.22. The zero-order chi connectivity index (χ0) is 10.6. The van der Waals surface area contributed by atoms with Gasteiger partial charge in [-0.15, -0.1) is 0 Å². The van der Waals surface area contributed by atoms with E-state index in [-0.39, 0.29) is 13.2 Å². The number of hydrogen-bond donors (Lipinski definition) is 2. The summed E-state index contributed by atoms with van der Waals surface area (Å²) in [4.78, 5) is 0. The van der Waals surface area contributed by atoms with Gasteiger partial charge in [0.05, 0.1) is 13.2 Å². The summed E-state index contributed by atoms with van der Waals surface area (Å²) in [6.45, 7) is 2.53. The second-order valence-electron chi connectivity index (χ2n) is 3.26. The first-order valence-corrected chi connectivity index (χ1v) is 5.33. The van der Waals surface area contributed by atoms with Crippen molar-refractivity contribution >= 4 is 0 Å². The molecule has 0 radical (unpaired) electrons. The van der Waals surface area contributed by atoms with E-state index < -0.39 is 6.10 Å². The molecule has 0 aromatic carbocycles. The molecule has 0 aromatic heterocycles. The van der Waals surface area contributed by atoms with Gasteiger partial charge in [-0.2, -0.15) is 0 Å². The van der Waals surface area contributed by atoms with Gasteiger partial charge in [-0.25, -0.2) is 0 Å². The smallest absolute Gasteiger partial charge is 0.104 e. The van der Waals surface area contributed by atoms with Crippen LogP contribution in [0.5, 0.6) is 0 Å². The summed E-state index contributed by atoms with van der Waals surface area (Å²) < 4.78 is 5.21. The molecule has 0 fully saturated rings. The van der Waals surface area contributed by atoms with Gasteiger partial charge in [0.25, 0.3) is 0 Å². The van der Waals surface area contributed by atoms with Gasteiger partial charge < -0.3 is 14.9 Å². The molecule has 0 heterocycles. The number of ether oxygens (including phenoxy) is 1. The van der Waals surface area contributed by atoms with Crippen molar-refractivity contribution in [3.05, 3.63) is 12.2 Å². The van der Waals surface area contributed by atoms with Crippen molar-refractivity contribution < 1.29 is 14.9 Å². The maximum absolute atomic E-state index is 8.70. The molecular weight excluding hydrogens is 180 g/mol. The van der Waals surface area contributed by atoms with Gasteiger partial charge in [-0.05, 0) is 19.3 Å². The molecule has 0 rings (SSSR count). The fourth-order valence-electron chi connectivity index (χ4n) is 1.02. The van der Waals surface area contributed by atoms with Crippen LogP contribution in [-0.2, 0) is 4.74 Å². The number of aliphatic hydroxyl groups excluding tert-OH is 2. The summed E-state index contributed by atoms with van der Waals surface area (Å²) in [7, 11) is 0. The van der Waals surface area contributed by atoms with E-state index in [2.05, 4.69) is 19.1 Å². The first-order valence-electron chi connectivity index (χ1n) is 5.33. The lowest BCUT2D eigenvalue weighted by molar-refractivity contribution is -0.0201. The Hall–Kier alpha value is -0.380. The van der Waals surface area contributed by atoms with E-state index in [4.69, 9.17) is 14.9 Å². The topological polar surface area (TPSA) is 49.7 Å². The fraction of sp³-hybridized carbons (Fsp3) is 0.818. The monoisotopic (exact) mass is 202 g/mol. The van der Waals surface area contributed by atoms with E-state index in [1.807, 2.05) is 0 Å². The van der Waals surface area contributed by atoms with Crippen molar-refractivity contribution in [1.82, 2.24) is 0 Å². The number of hydrogen-bond acceptors (Lipinski definition) is 3. The Balaban J connectivity index is 3.19. The van der Waals surface area contributed by atoms with E-state index in [1.165, 1.54) is 6.42 Å². The van der Waals surface area contributed by atoms with Gasteiger partial charge in [0.2, 0.25) is 0 Å². The summed E-state index contributed by atoms with van der Waals surface area (Å²) in [5.41, 5.74) is 0. The SMILES string of the molecule is CCC/C=C/CCCOC(CO)CO. The van der Waals surface area contributed by atoms with Crippen LogP contribution < -0.4 is 0 Å². The normalized spacial score (nSPS) is 11.7. The third kappa shape index (κ3) is 8.23. The van der Waals surface area contributed by atoms with Crippen LogP contribution in [0.4, 0.5) is 0 Å². The zero-order valence-corrected chi connectivity index (χ0v) is 8.98. The standard InChI is InChI=1S/C11H22O3/c1-2-3-4-5-6-7-8-14-11(9-12)10-13/h4-5,11-13H,2-3,6-10H2,1H3/b5-4+. The lowest BCUT2D eigenvalue weighted by atomic mass is 10.2. The molecule has 0 amide bonds. The summed E-state index contributed by atoms with van der Waals surface area (Å²) in [6, 6.07) is 0. The maximum Gasteiger partial charge on any atom is 0.104 e. The Morgan fingerprint density at radius 1 is 1.14 bits per heavy atom. The van der Waals surface area contributed by atoms with Gasteiger partial charge in [-0.3, -0.25) is 0 Å². The maximum atomic E-state index is 8.70. The molecule has 0 unspecified atom stereocenters. The molecule has 0 aliphatic carbocycles. The lowest BCUT2D eigenvalue weighted by Gasteiger charge is -2.11. The molecule has 0 spiro atoms. The predicted octanol–water partition coefficient (Wildman–Crippen LogP) is 1.49. The summed E-state index contributed by atoms with van der Waals surface area (Å²) in [5.74, 6) is 0. The molecule has 3 nitrogen and oxygen atoms in total. The Kier molecular flexibility index (Phi) is 10.4. The van der Waals surface area contributed by atoms with Crippen LogP contribution in [0.3, 0.4) is 0 Å². The molecule has 14 heavy (non-hydrogen) atoms. The van der Waals surface area contributed by atoms with E-state index >= 15 is 0 Å². The molecule has 0 bridgehead atoms. The molecule has 3 heteroatoms. The van der Waals surface area contributed by atoms with Crippen LogP contribution in [0.1, 0.15) is 32.6 Å². The summed E-state index contributed by atoms with van der Waals surface area (Å²) in [5, 5.41) is 17.4. The van der Waals surface area contributed by atoms with Crippen molar-refractivity contribution in [3.63, 3.8) is 0 Å². The van der Waals surface area contributed by atoms with Gasteiger partial charge in [0.15, 0.2) is 0 Å². The average molecular weight is 202 g/mol. The third-order valence-electron chi connectivity index (χ3n) is 1.90. The van der Waals surface area contributed by atoms with Crippen LogP contribution in [0.15, 0.2) is 12.2 Å². The third-order valence-corrected chi connectivity index (χ3v) is 1.90.